The van der Waals surface area contributed by atoms with E-state index in [0.717, 1.165) is 0 Å². The fraction of sp³-hybridized carbons (Fsp3) is 0.231. The van der Waals surface area contributed by atoms with Gasteiger partial charge in [0.1, 0.15) is 0 Å². The largest absolute Gasteiger partial charge is 0.479 e. The SMILES string of the molecule is COC(CNC(=O)/C=C/c1cc(Cl)ccc1Cl)C(=O)O. The van der Waals surface area contributed by atoms with Crippen molar-refractivity contribution in [2.75, 3.05) is 13.7 Å². The van der Waals surface area contributed by atoms with Crippen LogP contribution in [0.5, 0.6) is 0 Å². The van der Waals surface area contributed by atoms with Crippen molar-refractivity contribution >= 4 is 41.2 Å². The lowest BCUT2D eigenvalue weighted by atomic mass is 10.2. The number of benzene rings is 1. The molecular formula is C13H13Cl2NO4. The summed E-state index contributed by atoms with van der Waals surface area (Å²) in [4.78, 5) is 22.2. The van der Waals surface area contributed by atoms with E-state index in [1.807, 2.05) is 0 Å². The minimum absolute atomic E-state index is 0.127. The van der Waals surface area contributed by atoms with Gasteiger partial charge >= 0.3 is 5.97 Å². The summed E-state index contributed by atoms with van der Waals surface area (Å²) in [5.74, 6) is -1.60. The van der Waals surface area contributed by atoms with Gasteiger partial charge < -0.3 is 15.2 Å². The standard InChI is InChI=1S/C13H13Cl2NO4/c1-20-11(13(18)19)7-16-12(17)5-2-8-6-9(14)3-4-10(8)15/h2-6,11H,7H2,1H3,(H,16,17)(H,18,19)/b5-2+. The van der Waals surface area contributed by atoms with Gasteiger partial charge in [-0.1, -0.05) is 23.2 Å². The Balaban J connectivity index is 2.60. The van der Waals surface area contributed by atoms with Crippen LogP contribution in [0.1, 0.15) is 5.56 Å². The molecule has 0 saturated heterocycles. The lowest BCUT2D eigenvalue weighted by molar-refractivity contribution is -0.148. The lowest BCUT2D eigenvalue weighted by Gasteiger charge is -2.10. The molecule has 1 amide bonds. The molecule has 0 aliphatic heterocycles. The summed E-state index contributed by atoms with van der Waals surface area (Å²) in [6, 6.07) is 4.87. The summed E-state index contributed by atoms with van der Waals surface area (Å²) in [5, 5.41) is 12.1. The second-order valence-corrected chi connectivity index (χ2v) is 4.65. The average Bonchev–Trinajstić information content (AvgIpc) is 2.40. The Morgan fingerprint density at radius 2 is 2.15 bits per heavy atom. The van der Waals surface area contributed by atoms with Crippen molar-refractivity contribution < 1.29 is 19.4 Å². The fourth-order valence-corrected chi connectivity index (χ4v) is 1.69. The molecule has 108 valence electrons. The van der Waals surface area contributed by atoms with Crippen LogP contribution in [0.4, 0.5) is 0 Å². The molecule has 0 saturated carbocycles. The van der Waals surface area contributed by atoms with Crippen LogP contribution in [0.25, 0.3) is 6.08 Å². The molecule has 0 aromatic heterocycles. The van der Waals surface area contributed by atoms with Crippen LogP contribution in [0.3, 0.4) is 0 Å². The highest BCUT2D eigenvalue weighted by molar-refractivity contribution is 6.34. The van der Waals surface area contributed by atoms with Gasteiger partial charge in [-0.15, -0.1) is 0 Å². The highest BCUT2D eigenvalue weighted by Gasteiger charge is 2.16. The van der Waals surface area contributed by atoms with Gasteiger partial charge in [0, 0.05) is 23.2 Å². The Bertz CT molecular complexity index is 531. The Morgan fingerprint density at radius 1 is 1.45 bits per heavy atom. The maximum absolute atomic E-state index is 11.5. The molecule has 0 aliphatic carbocycles. The smallest absolute Gasteiger partial charge is 0.334 e. The van der Waals surface area contributed by atoms with E-state index in [9.17, 15) is 9.59 Å². The first-order valence-electron chi connectivity index (χ1n) is 5.60. The topological polar surface area (TPSA) is 75.6 Å². The van der Waals surface area contributed by atoms with Crippen LogP contribution >= 0.6 is 23.2 Å². The van der Waals surface area contributed by atoms with Crippen molar-refractivity contribution in [1.29, 1.82) is 0 Å². The fourth-order valence-electron chi connectivity index (χ4n) is 1.33. The Hall–Kier alpha value is -1.56. The third-order valence-electron chi connectivity index (χ3n) is 2.39. The molecule has 0 radical (unpaired) electrons. The van der Waals surface area contributed by atoms with E-state index in [4.69, 9.17) is 28.3 Å². The quantitative estimate of drug-likeness (QED) is 0.789. The van der Waals surface area contributed by atoms with Crippen molar-refractivity contribution in [1.82, 2.24) is 5.32 Å². The van der Waals surface area contributed by atoms with E-state index < -0.39 is 18.0 Å². The summed E-state index contributed by atoms with van der Waals surface area (Å²) < 4.78 is 4.68. The minimum atomic E-state index is -1.14. The molecule has 0 spiro atoms. The average molecular weight is 318 g/mol. The van der Waals surface area contributed by atoms with Gasteiger partial charge in [0.2, 0.25) is 5.91 Å². The maximum Gasteiger partial charge on any atom is 0.334 e. The number of hydrogen-bond acceptors (Lipinski definition) is 3. The molecule has 1 atom stereocenters. The molecular weight excluding hydrogens is 305 g/mol. The Morgan fingerprint density at radius 3 is 2.75 bits per heavy atom. The first-order valence-corrected chi connectivity index (χ1v) is 6.36. The molecule has 0 aliphatic rings. The molecule has 1 unspecified atom stereocenters. The number of amides is 1. The molecule has 1 aromatic rings. The molecule has 0 bridgehead atoms. The zero-order valence-electron chi connectivity index (χ0n) is 10.6. The first-order chi connectivity index (χ1) is 9.43. The highest BCUT2D eigenvalue weighted by atomic mass is 35.5. The molecule has 1 aromatic carbocycles. The van der Waals surface area contributed by atoms with Crippen LogP contribution in [-0.2, 0) is 14.3 Å². The maximum atomic E-state index is 11.5. The van der Waals surface area contributed by atoms with Crippen LogP contribution in [0, 0.1) is 0 Å². The van der Waals surface area contributed by atoms with Gasteiger partial charge in [0.15, 0.2) is 6.10 Å². The number of carboxylic acids is 1. The van der Waals surface area contributed by atoms with Crippen LogP contribution in [0.2, 0.25) is 10.0 Å². The monoisotopic (exact) mass is 317 g/mol. The van der Waals surface area contributed by atoms with Gasteiger partial charge in [0.25, 0.3) is 0 Å². The number of methoxy groups -OCH3 is 1. The van der Waals surface area contributed by atoms with E-state index in [2.05, 4.69) is 10.1 Å². The number of carboxylic acid groups (broad SMARTS) is 1. The predicted octanol–water partition coefficient (Wildman–Crippen LogP) is 2.22. The molecule has 1 rings (SSSR count). The van der Waals surface area contributed by atoms with Crippen molar-refractivity contribution in [3.8, 4) is 0 Å². The number of halogens is 2. The van der Waals surface area contributed by atoms with Crippen molar-refractivity contribution in [3.63, 3.8) is 0 Å². The number of aliphatic carboxylic acids is 1. The van der Waals surface area contributed by atoms with Gasteiger partial charge in [-0.3, -0.25) is 4.79 Å². The molecule has 7 heteroatoms. The molecule has 20 heavy (non-hydrogen) atoms. The van der Waals surface area contributed by atoms with Gasteiger partial charge in [0.05, 0.1) is 6.54 Å². The summed E-state index contributed by atoms with van der Waals surface area (Å²) >= 11 is 11.7. The normalized spacial score (nSPS) is 12.3. The van der Waals surface area contributed by atoms with E-state index >= 15 is 0 Å². The van der Waals surface area contributed by atoms with Crippen LogP contribution in [-0.4, -0.2) is 36.7 Å². The summed E-state index contributed by atoms with van der Waals surface area (Å²) in [6.45, 7) is -0.127. The van der Waals surface area contributed by atoms with Crippen LogP contribution in [0.15, 0.2) is 24.3 Å². The number of ether oxygens (including phenoxy) is 1. The van der Waals surface area contributed by atoms with Crippen molar-refractivity contribution in [2.24, 2.45) is 0 Å². The zero-order valence-corrected chi connectivity index (χ0v) is 12.1. The second-order valence-electron chi connectivity index (χ2n) is 3.81. The summed E-state index contributed by atoms with van der Waals surface area (Å²) in [6.07, 6.45) is 1.65. The van der Waals surface area contributed by atoms with Gasteiger partial charge in [-0.25, -0.2) is 4.79 Å². The summed E-state index contributed by atoms with van der Waals surface area (Å²) in [7, 11) is 1.26. The third kappa shape index (κ3) is 5.21. The molecule has 0 fully saturated rings. The third-order valence-corrected chi connectivity index (χ3v) is 2.97. The van der Waals surface area contributed by atoms with Gasteiger partial charge in [-0.05, 0) is 29.8 Å². The minimum Gasteiger partial charge on any atom is -0.479 e. The predicted molar refractivity (Wildman–Crippen MR) is 76.9 cm³/mol. The number of nitrogens with one attached hydrogen (secondary N) is 1. The van der Waals surface area contributed by atoms with Crippen LogP contribution < -0.4 is 5.32 Å². The Labute approximate surface area is 126 Å². The van der Waals surface area contributed by atoms with Crippen molar-refractivity contribution in [3.05, 3.63) is 39.9 Å². The van der Waals surface area contributed by atoms with E-state index in [-0.39, 0.29) is 6.54 Å². The number of carbonyl (C=O) groups excluding carboxylic acids is 1. The molecule has 5 nitrogen and oxygen atoms in total. The molecule has 2 N–H and O–H groups in total. The van der Waals surface area contributed by atoms with E-state index in [1.54, 1.807) is 18.2 Å². The lowest BCUT2D eigenvalue weighted by Crippen LogP contribution is -2.37. The second kappa shape index (κ2) is 7.89. The Kier molecular flexibility index (Phi) is 6.51. The number of rotatable bonds is 6. The number of hydrogen-bond donors (Lipinski definition) is 2. The van der Waals surface area contributed by atoms with Gasteiger partial charge in [-0.2, -0.15) is 0 Å². The number of carbonyl (C=O) groups is 2. The van der Waals surface area contributed by atoms with E-state index in [0.29, 0.717) is 15.6 Å². The zero-order chi connectivity index (χ0) is 15.1. The first kappa shape index (κ1) is 16.5. The highest BCUT2D eigenvalue weighted by Crippen LogP contribution is 2.21. The van der Waals surface area contributed by atoms with Crippen molar-refractivity contribution in [2.45, 2.75) is 6.10 Å². The molecule has 0 heterocycles. The van der Waals surface area contributed by atoms with E-state index in [1.165, 1.54) is 19.3 Å². The summed E-state index contributed by atoms with van der Waals surface area (Å²) in [5.41, 5.74) is 0.593.